The van der Waals surface area contributed by atoms with Crippen LogP contribution in [0.2, 0.25) is 0 Å². The molecule has 172 valence electrons. The molecule has 9 nitrogen and oxygen atoms in total. The second kappa shape index (κ2) is 10.5. The summed E-state index contributed by atoms with van der Waals surface area (Å²) in [6.45, 7) is 9.65. The Labute approximate surface area is 184 Å². The van der Waals surface area contributed by atoms with Crippen LogP contribution in [-0.4, -0.2) is 55.9 Å². The average molecular weight is 455 g/mol. The lowest BCUT2D eigenvalue weighted by Gasteiger charge is -2.27. The zero-order chi connectivity index (χ0) is 23.9. The summed E-state index contributed by atoms with van der Waals surface area (Å²) in [7, 11) is -4.25. The molecular weight excluding hydrogens is 424 g/mol. The summed E-state index contributed by atoms with van der Waals surface area (Å²) in [5, 5.41) is 2.51. The van der Waals surface area contributed by atoms with Gasteiger partial charge in [0.25, 0.3) is 10.0 Å². The van der Waals surface area contributed by atoms with Gasteiger partial charge in [-0.3, -0.25) is 5.32 Å². The molecule has 0 bridgehead atoms. The lowest BCUT2D eigenvalue weighted by Crippen LogP contribution is -2.42. The SMILES string of the molecule is C#CCOCCN(C(=O)OC(C)(C)C)S(=O)(=O)c1ccc(NC(=O)OC(C)(C)C)cc1. The van der Waals surface area contributed by atoms with Crippen molar-refractivity contribution in [1.82, 2.24) is 4.31 Å². The summed E-state index contributed by atoms with van der Waals surface area (Å²) in [5.74, 6) is 2.26. The van der Waals surface area contributed by atoms with E-state index < -0.39 is 33.4 Å². The Hall–Kier alpha value is -2.77. The van der Waals surface area contributed by atoms with Crippen molar-refractivity contribution in [2.45, 2.75) is 57.6 Å². The fraction of sp³-hybridized carbons (Fsp3) is 0.524. The highest BCUT2D eigenvalue weighted by molar-refractivity contribution is 7.89. The maximum absolute atomic E-state index is 13.1. The molecular formula is C21H30N2O7S. The highest BCUT2D eigenvalue weighted by atomic mass is 32.2. The summed E-state index contributed by atoms with van der Waals surface area (Å²) in [6.07, 6.45) is 3.40. The van der Waals surface area contributed by atoms with E-state index in [1.54, 1.807) is 41.5 Å². The van der Waals surface area contributed by atoms with Crippen LogP contribution < -0.4 is 5.32 Å². The molecule has 1 aromatic rings. The molecule has 0 radical (unpaired) electrons. The first-order valence-electron chi connectivity index (χ1n) is 9.53. The van der Waals surface area contributed by atoms with Crippen molar-refractivity contribution >= 4 is 27.9 Å². The van der Waals surface area contributed by atoms with Crippen LogP contribution in [0.15, 0.2) is 29.2 Å². The van der Waals surface area contributed by atoms with Crippen molar-refractivity contribution in [2.75, 3.05) is 25.1 Å². The molecule has 1 rings (SSSR count). The molecule has 31 heavy (non-hydrogen) atoms. The van der Waals surface area contributed by atoms with Gasteiger partial charge in [0.05, 0.1) is 18.0 Å². The van der Waals surface area contributed by atoms with Crippen molar-refractivity contribution in [3.63, 3.8) is 0 Å². The molecule has 10 heteroatoms. The second-order valence-electron chi connectivity index (χ2n) is 8.47. The monoisotopic (exact) mass is 454 g/mol. The van der Waals surface area contributed by atoms with Crippen molar-refractivity contribution in [3.8, 4) is 12.3 Å². The van der Waals surface area contributed by atoms with Gasteiger partial charge in [0.1, 0.15) is 17.8 Å². The van der Waals surface area contributed by atoms with Crippen LogP contribution in [0, 0.1) is 12.3 Å². The highest BCUT2D eigenvalue weighted by Gasteiger charge is 2.33. The zero-order valence-corrected chi connectivity index (χ0v) is 19.5. The molecule has 1 N–H and O–H groups in total. The molecule has 0 saturated carbocycles. The van der Waals surface area contributed by atoms with Gasteiger partial charge < -0.3 is 14.2 Å². The largest absolute Gasteiger partial charge is 0.444 e. The van der Waals surface area contributed by atoms with Crippen molar-refractivity contribution < 1.29 is 32.2 Å². The Balaban J connectivity index is 3.06. The number of sulfonamides is 1. The molecule has 0 saturated heterocycles. The van der Waals surface area contributed by atoms with Gasteiger partial charge in [0.15, 0.2) is 0 Å². The van der Waals surface area contributed by atoms with E-state index in [0.29, 0.717) is 9.99 Å². The number of carbonyl (C=O) groups is 2. The van der Waals surface area contributed by atoms with Crippen LogP contribution in [0.4, 0.5) is 15.3 Å². The normalized spacial score (nSPS) is 11.9. The number of rotatable bonds is 7. The van der Waals surface area contributed by atoms with E-state index in [-0.39, 0.29) is 24.7 Å². The number of amides is 2. The number of hydrogen-bond donors (Lipinski definition) is 1. The van der Waals surface area contributed by atoms with Gasteiger partial charge >= 0.3 is 12.2 Å². The number of carbonyl (C=O) groups excluding carboxylic acids is 2. The number of anilines is 1. The van der Waals surface area contributed by atoms with Gasteiger partial charge in [-0.1, -0.05) is 5.92 Å². The predicted octanol–water partition coefficient (Wildman–Crippen LogP) is 3.61. The van der Waals surface area contributed by atoms with Gasteiger partial charge in [-0.05, 0) is 65.8 Å². The fourth-order valence-electron chi connectivity index (χ4n) is 2.16. The first-order valence-corrected chi connectivity index (χ1v) is 11.0. The first kappa shape index (κ1) is 26.3. The average Bonchev–Trinajstić information content (AvgIpc) is 2.58. The Morgan fingerprint density at radius 2 is 1.58 bits per heavy atom. The van der Waals surface area contributed by atoms with Crippen molar-refractivity contribution in [1.29, 1.82) is 0 Å². The number of hydrogen-bond acceptors (Lipinski definition) is 7. The Bertz CT molecular complexity index is 905. The van der Waals surface area contributed by atoms with Crippen molar-refractivity contribution in [3.05, 3.63) is 24.3 Å². The lowest BCUT2D eigenvalue weighted by atomic mass is 10.2. The molecule has 0 heterocycles. The molecule has 0 atom stereocenters. The van der Waals surface area contributed by atoms with Gasteiger partial charge in [0.2, 0.25) is 0 Å². The molecule has 0 aliphatic heterocycles. The van der Waals surface area contributed by atoms with Crippen LogP contribution in [0.25, 0.3) is 0 Å². The topological polar surface area (TPSA) is 111 Å². The highest BCUT2D eigenvalue weighted by Crippen LogP contribution is 2.21. The quantitative estimate of drug-likeness (QED) is 0.495. The van der Waals surface area contributed by atoms with E-state index >= 15 is 0 Å². The third-order valence-electron chi connectivity index (χ3n) is 3.31. The lowest BCUT2D eigenvalue weighted by molar-refractivity contribution is 0.0350. The Morgan fingerprint density at radius 3 is 2.06 bits per heavy atom. The minimum Gasteiger partial charge on any atom is -0.444 e. The van der Waals surface area contributed by atoms with Crippen LogP contribution in [0.1, 0.15) is 41.5 Å². The van der Waals surface area contributed by atoms with Crippen LogP contribution in [0.3, 0.4) is 0 Å². The van der Waals surface area contributed by atoms with Crippen molar-refractivity contribution in [2.24, 2.45) is 0 Å². The standard InChI is InChI=1S/C21H30N2O7S/c1-8-14-28-15-13-23(19(25)30-21(5,6)7)31(26,27)17-11-9-16(10-12-17)22-18(24)29-20(2,3)4/h1,9-12H,13-15H2,2-7H3,(H,22,24). The van der Waals surface area contributed by atoms with E-state index in [9.17, 15) is 18.0 Å². The molecule has 2 amide bonds. The number of terminal acetylenes is 1. The Morgan fingerprint density at radius 1 is 1.03 bits per heavy atom. The molecule has 0 spiro atoms. The molecule has 0 fully saturated rings. The maximum Gasteiger partial charge on any atom is 0.424 e. The van der Waals surface area contributed by atoms with E-state index in [1.165, 1.54) is 24.3 Å². The smallest absolute Gasteiger partial charge is 0.424 e. The van der Waals surface area contributed by atoms with Gasteiger partial charge in [-0.2, -0.15) is 4.31 Å². The first-order chi connectivity index (χ1) is 14.2. The molecule has 0 aliphatic rings. The van der Waals surface area contributed by atoms with Gasteiger partial charge in [0, 0.05) is 5.69 Å². The fourth-order valence-corrected chi connectivity index (χ4v) is 3.44. The number of ether oxygens (including phenoxy) is 3. The summed E-state index contributed by atoms with van der Waals surface area (Å²) in [5.41, 5.74) is -1.25. The predicted molar refractivity (Wildman–Crippen MR) is 116 cm³/mol. The Kier molecular flexibility index (Phi) is 8.90. The summed E-state index contributed by atoms with van der Waals surface area (Å²) >= 11 is 0. The van der Waals surface area contributed by atoms with Crippen LogP contribution in [-0.2, 0) is 24.2 Å². The van der Waals surface area contributed by atoms with E-state index in [4.69, 9.17) is 20.6 Å². The number of nitrogens with one attached hydrogen (secondary N) is 1. The minimum absolute atomic E-state index is 0.0206. The zero-order valence-electron chi connectivity index (χ0n) is 18.7. The van der Waals surface area contributed by atoms with E-state index in [2.05, 4.69) is 11.2 Å². The second-order valence-corrected chi connectivity index (χ2v) is 10.3. The van der Waals surface area contributed by atoms with Crippen LogP contribution in [0.5, 0.6) is 0 Å². The summed E-state index contributed by atoms with van der Waals surface area (Å²) < 4.78 is 42.2. The summed E-state index contributed by atoms with van der Waals surface area (Å²) in [4.78, 5) is 24.2. The minimum atomic E-state index is -4.25. The molecule has 1 aromatic carbocycles. The number of nitrogens with zero attached hydrogens (tertiary/aromatic N) is 1. The van der Waals surface area contributed by atoms with E-state index in [1.807, 2.05) is 0 Å². The van der Waals surface area contributed by atoms with Gasteiger partial charge in [-0.25, -0.2) is 18.0 Å². The van der Waals surface area contributed by atoms with Crippen LogP contribution >= 0.6 is 0 Å². The third-order valence-corrected chi connectivity index (χ3v) is 5.09. The third kappa shape index (κ3) is 9.27. The van der Waals surface area contributed by atoms with Gasteiger partial charge in [-0.15, -0.1) is 6.42 Å². The molecule has 0 aromatic heterocycles. The maximum atomic E-state index is 13.1. The molecule has 0 aliphatic carbocycles. The number of benzene rings is 1. The summed E-state index contributed by atoms with van der Waals surface area (Å²) in [6, 6.07) is 5.31. The molecule has 0 unspecified atom stereocenters. The van der Waals surface area contributed by atoms with E-state index in [0.717, 1.165) is 0 Å².